The fraction of sp³-hybridized carbons (Fsp3) is 0.125. The van der Waals surface area contributed by atoms with E-state index in [1.165, 1.54) is 0 Å². The predicted molar refractivity (Wildman–Crippen MR) is 72.4 cm³/mol. The van der Waals surface area contributed by atoms with Crippen molar-refractivity contribution in [1.29, 1.82) is 0 Å². The number of para-hydroxylation sites is 1. The summed E-state index contributed by atoms with van der Waals surface area (Å²) in [6, 6.07) is 16.1. The van der Waals surface area contributed by atoms with Gasteiger partial charge in [-0.2, -0.15) is 0 Å². The van der Waals surface area contributed by atoms with E-state index in [1.54, 1.807) is 0 Å². The Labute approximate surface area is 102 Å². The number of ether oxygens (including phenoxy) is 1. The molecule has 0 radical (unpaired) electrons. The largest absolute Gasteiger partial charge is 0.457 e. The van der Waals surface area contributed by atoms with Crippen LogP contribution in [-0.4, -0.2) is 0 Å². The molecule has 0 aliphatic heterocycles. The van der Waals surface area contributed by atoms with Crippen molar-refractivity contribution in [2.75, 3.05) is 0 Å². The molecule has 0 atom stereocenters. The lowest BCUT2D eigenvalue weighted by atomic mass is 10.2. The van der Waals surface area contributed by atoms with Gasteiger partial charge in [0.1, 0.15) is 11.5 Å². The van der Waals surface area contributed by atoms with E-state index in [2.05, 4.69) is 12.1 Å². The van der Waals surface area contributed by atoms with Gasteiger partial charge in [-0.25, -0.2) is 0 Å². The Morgan fingerprint density at radius 2 is 1.82 bits per heavy atom. The first kappa shape index (κ1) is 11.5. The van der Waals surface area contributed by atoms with Crippen molar-refractivity contribution >= 4 is 6.08 Å². The van der Waals surface area contributed by atoms with Gasteiger partial charge in [0.15, 0.2) is 0 Å². The molecule has 0 amide bonds. The molecule has 86 valence electrons. The van der Waals surface area contributed by atoms with E-state index >= 15 is 0 Å². The van der Waals surface area contributed by atoms with Crippen molar-refractivity contribution in [3.8, 4) is 11.5 Å². The SMILES string of the molecule is C/C=C\c1cccc(Oc2ccccc2C)c1. The van der Waals surface area contributed by atoms with E-state index in [4.69, 9.17) is 4.74 Å². The lowest BCUT2D eigenvalue weighted by molar-refractivity contribution is 0.479. The van der Waals surface area contributed by atoms with Gasteiger partial charge in [0.2, 0.25) is 0 Å². The quantitative estimate of drug-likeness (QED) is 0.726. The monoisotopic (exact) mass is 224 g/mol. The summed E-state index contributed by atoms with van der Waals surface area (Å²) in [7, 11) is 0. The van der Waals surface area contributed by atoms with E-state index in [0.717, 1.165) is 22.6 Å². The summed E-state index contributed by atoms with van der Waals surface area (Å²) in [4.78, 5) is 0. The standard InChI is InChI=1S/C16H16O/c1-3-7-14-9-6-10-15(12-14)17-16-11-5-4-8-13(16)2/h3-12H,1-2H3/b7-3-. The molecule has 17 heavy (non-hydrogen) atoms. The summed E-state index contributed by atoms with van der Waals surface area (Å²) in [5, 5.41) is 0. The number of allylic oxidation sites excluding steroid dienone is 1. The molecule has 2 rings (SSSR count). The second kappa shape index (κ2) is 5.35. The van der Waals surface area contributed by atoms with Crippen LogP contribution in [0.5, 0.6) is 11.5 Å². The molecule has 2 aromatic rings. The maximum atomic E-state index is 5.86. The van der Waals surface area contributed by atoms with Crippen LogP contribution in [0.4, 0.5) is 0 Å². The Kier molecular flexibility index (Phi) is 3.61. The maximum Gasteiger partial charge on any atom is 0.130 e. The summed E-state index contributed by atoms with van der Waals surface area (Å²) in [6.07, 6.45) is 4.08. The van der Waals surface area contributed by atoms with Crippen molar-refractivity contribution < 1.29 is 4.74 Å². The van der Waals surface area contributed by atoms with Crippen LogP contribution in [0.25, 0.3) is 6.08 Å². The fourth-order valence-electron chi connectivity index (χ4n) is 1.67. The minimum atomic E-state index is 0.870. The third-order valence-corrected chi connectivity index (χ3v) is 2.54. The van der Waals surface area contributed by atoms with Crippen molar-refractivity contribution in [3.63, 3.8) is 0 Å². The minimum Gasteiger partial charge on any atom is -0.457 e. The van der Waals surface area contributed by atoms with Gasteiger partial charge in [0, 0.05) is 0 Å². The Bertz CT molecular complexity index is 527. The van der Waals surface area contributed by atoms with Gasteiger partial charge >= 0.3 is 0 Å². The lowest BCUT2D eigenvalue weighted by Gasteiger charge is -2.08. The van der Waals surface area contributed by atoms with Gasteiger partial charge in [-0.05, 0) is 43.2 Å². The van der Waals surface area contributed by atoms with E-state index < -0.39 is 0 Å². The summed E-state index contributed by atoms with van der Waals surface area (Å²) in [6.45, 7) is 4.06. The topological polar surface area (TPSA) is 9.23 Å². The number of aryl methyl sites for hydroxylation is 1. The average Bonchev–Trinajstić information content (AvgIpc) is 2.33. The van der Waals surface area contributed by atoms with Crippen LogP contribution in [0.15, 0.2) is 54.6 Å². The summed E-state index contributed by atoms with van der Waals surface area (Å²) >= 11 is 0. The third kappa shape index (κ3) is 2.97. The predicted octanol–water partition coefficient (Wildman–Crippen LogP) is 4.82. The second-order valence-electron chi connectivity index (χ2n) is 3.94. The number of rotatable bonds is 3. The number of hydrogen-bond donors (Lipinski definition) is 0. The summed E-state index contributed by atoms with van der Waals surface area (Å²) in [5.74, 6) is 1.78. The van der Waals surface area contributed by atoms with E-state index in [1.807, 2.05) is 62.4 Å². The smallest absolute Gasteiger partial charge is 0.130 e. The number of hydrogen-bond acceptors (Lipinski definition) is 1. The van der Waals surface area contributed by atoms with Crippen LogP contribution in [-0.2, 0) is 0 Å². The van der Waals surface area contributed by atoms with Crippen LogP contribution in [0.2, 0.25) is 0 Å². The zero-order valence-electron chi connectivity index (χ0n) is 10.2. The van der Waals surface area contributed by atoms with Gasteiger partial charge in [0.25, 0.3) is 0 Å². The molecular weight excluding hydrogens is 208 g/mol. The van der Waals surface area contributed by atoms with Crippen molar-refractivity contribution in [1.82, 2.24) is 0 Å². The second-order valence-corrected chi connectivity index (χ2v) is 3.94. The van der Waals surface area contributed by atoms with Gasteiger partial charge in [0.05, 0.1) is 0 Å². The van der Waals surface area contributed by atoms with E-state index in [9.17, 15) is 0 Å². The molecule has 0 saturated carbocycles. The lowest BCUT2D eigenvalue weighted by Crippen LogP contribution is -1.87. The van der Waals surface area contributed by atoms with E-state index in [-0.39, 0.29) is 0 Å². The molecule has 1 heteroatoms. The van der Waals surface area contributed by atoms with Crippen LogP contribution in [0.3, 0.4) is 0 Å². The zero-order valence-corrected chi connectivity index (χ0v) is 10.2. The molecule has 1 nitrogen and oxygen atoms in total. The Hall–Kier alpha value is -2.02. The normalized spacial score (nSPS) is 10.7. The Morgan fingerprint density at radius 1 is 1.00 bits per heavy atom. The molecule has 0 spiro atoms. The number of benzene rings is 2. The molecular formula is C16H16O. The highest BCUT2D eigenvalue weighted by Gasteiger charge is 2.00. The average molecular weight is 224 g/mol. The van der Waals surface area contributed by atoms with Crippen LogP contribution in [0.1, 0.15) is 18.1 Å². The molecule has 0 aliphatic carbocycles. The summed E-state index contributed by atoms with van der Waals surface area (Å²) < 4.78 is 5.86. The minimum absolute atomic E-state index is 0.870. The molecule has 0 unspecified atom stereocenters. The first-order valence-corrected chi connectivity index (χ1v) is 5.76. The van der Waals surface area contributed by atoms with Crippen molar-refractivity contribution in [3.05, 3.63) is 65.7 Å². The van der Waals surface area contributed by atoms with Gasteiger partial charge in [-0.1, -0.05) is 42.5 Å². The van der Waals surface area contributed by atoms with Crippen molar-refractivity contribution in [2.24, 2.45) is 0 Å². The Morgan fingerprint density at radius 3 is 2.59 bits per heavy atom. The fourth-order valence-corrected chi connectivity index (χ4v) is 1.67. The zero-order chi connectivity index (χ0) is 12.1. The first-order chi connectivity index (χ1) is 8.29. The van der Waals surface area contributed by atoms with E-state index in [0.29, 0.717) is 0 Å². The maximum absolute atomic E-state index is 5.86. The van der Waals surface area contributed by atoms with Crippen LogP contribution in [0, 0.1) is 6.92 Å². The third-order valence-electron chi connectivity index (χ3n) is 2.54. The van der Waals surface area contributed by atoms with Crippen LogP contribution < -0.4 is 4.74 Å². The van der Waals surface area contributed by atoms with Gasteiger partial charge < -0.3 is 4.74 Å². The van der Waals surface area contributed by atoms with Gasteiger partial charge in [-0.15, -0.1) is 0 Å². The highest BCUT2D eigenvalue weighted by Crippen LogP contribution is 2.25. The summed E-state index contributed by atoms with van der Waals surface area (Å²) in [5.41, 5.74) is 2.29. The molecule has 0 bridgehead atoms. The van der Waals surface area contributed by atoms with Gasteiger partial charge in [-0.3, -0.25) is 0 Å². The molecule has 0 fully saturated rings. The molecule has 0 saturated heterocycles. The highest BCUT2D eigenvalue weighted by molar-refractivity contribution is 5.52. The molecule has 0 heterocycles. The Balaban J connectivity index is 2.24. The highest BCUT2D eigenvalue weighted by atomic mass is 16.5. The first-order valence-electron chi connectivity index (χ1n) is 5.76. The molecule has 0 aliphatic rings. The molecule has 0 aromatic heterocycles. The van der Waals surface area contributed by atoms with Crippen LogP contribution >= 0.6 is 0 Å². The van der Waals surface area contributed by atoms with Crippen molar-refractivity contribution in [2.45, 2.75) is 13.8 Å². The molecule has 2 aromatic carbocycles. The molecule has 0 N–H and O–H groups in total.